The minimum atomic E-state index is -0.229. The number of fused-ring (bicyclic) bond motifs is 1. The van der Waals surface area contributed by atoms with Gasteiger partial charge in [0.15, 0.2) is 6.61 Å². The maximum atomic E-state index is 12.0. The highest BCUT2D eigenvalue weighted by Gasteiger charge is 2.25. The molecule has 0 saturated heterocycles. The molecule has 6 heteroatoms. The van der Waals surface area contributed by atoms with Crippen molar-refractivity contribution in [3.8, 4) is 11.5 Å². The fraction of sp³-hybridized carbons (Fsp3) is 0.176. The molecule has 1 aliphatic rings. The van der Waals surface area contributed by atoms with Crippen LogP contribution in [0.2, 0.25) is 0 Å². The Morgan fingerprint density at radius 3 is 2.87 bits per heavy atom. The van der Waals surface area contributed by atoms with Crippen LogP contribution in [0.5, 0.6) is 11.5 Å². The number of benzene rings is 2. The van der Waals surface area contributed by atoms with Crippen LogP contribution in [0.4, 0.5) is 11.4 Å². The van der Waals surface area contributed by atoms with Crippen molar-refractivity contribution in [1.82, 2.24) is 0 Å². The summed E-state index contributed by atoms with van der Waals surface area (Å²) in [6.07, 6.45) is 0.149. The number of ether oxygens (including phenoxy) is 1. The number of carbonyl (C=O) groups excluding carboxylic acids is 2. The summed E-state index contributed by atoms with van der Waals surface area (Å²) in [4.78, 5) is 25.6. The van der Waals surface area contributed by atoms with E-state index in [2.05, 4.69) is 5.32 Å². The molecule has 0 atom stereocenters. The van der Waals surface area contributed by atoms with Crippen LogP contribution in [0, 0.1) is 0 Å². The average molecular weight is 312 g/mol. The van der Waals surface area contributed by atoms with Gasteiger partial charge in [-0.25, -0.2) is 0 Å². The molecule has 0 saturated carbocycles. The third-order valence-corrected chi connectivity index (χ3v) is 3.50. The lowest BCUT2D eigenvalue weighted by Gasteiger charge is -2.29. The van der Waals surface area contributed by atoms with Gasteiger partial charge < -0.3 is 20.1 Å². The predicted octanol–water partition coefficient (Wildman–Crippen LogP) is 2.15. The first-order chi connectivity index (χ1) is 11.1. The summed E-state index contributed by atoms with van der Waals surface area (Å²) in [5.41, 5.74) is 1.19. The average Bonchev–Trinajstić information content (AvgIpc) is 2.54. The predicted molar refractivity (Wildman–Crippen MR) is 85.6 cm³/mol. The molecule has 118 valence electrons. The van der Waals surface area contributed by atoms with Gasteiger partial charge in [0.2, 0.25) is 5.91 Å². The Balaban J connectivity index is 1.64. The fourth-order valence-electron chi connectivity index (χ4n) is 2.42. The summed E-state index contributed by atoms with van der Waals surface area (Å²) in [5.74, 6) is 0.321. The molecular weight excluding hydrogens is 296 g/mol. The van der Waals surface area contributed by atoms with E-state index in [0.717, 1.165) is 0 Å². The lowest BCUT2D eigenvalue weighted by Crippen LogP contribution is -2.40. The van der Waals surface area contributed by atoms with Crippen LogP contribution in [-0.4, -0.2) is 30.1 Å². The number of phenolic OH excluding ortho intramolecular Hbond substituents is 1. The van der Waals surface area contributed by atoms with E-state index in [1.54, 1.807) is 29.2 Å². The summed E-state index contributed by atoms with van der Waals surface area (Å²) in [5, 5.41) is 12.1. The Kier molecular flexibility index (Phi) is 4.14. The standard InChI is InChI=1S/C17H16N2O4/c20-13-5-3-4-12(10-13)18-16(21)8-9-19-14-6-1-2-7-15(14)23-11-17(19)22/h1-7,10,20H,8-9,11H2,(H,18,21). The number of nitrogens with zero attached hydrogens (tertiary/aromatic N) is 1. The topological polar surface area (TPSA) is 78.9 Å². The van der Waals surface area contributed by atoms with Crippen molar-refractivity contribution in [3.63, 3.8) is 0 Å². The monoisotopic (exact) mass is 312 g/mol. The zero-order valence-corrected chi connectivity index (χ0v) is 12.4. The molecule has 1 heterocycles. The number of amides is 2. The molecule has 0 aliphatic carbocycles. The number of hydrogen-bond acceptors (Lipinski definition) is 4. The summed E-state index contributed by atoms with van der Waals surface area (Å²) < 4.78 is 5.36. The van der Waals surface area contributed by atoms with Crippen LogP contribution < -0.4 is 15.0 Å². The van der Waals surface area contributed by atoms with Gasteiger partial charge in [0.1, 0.15) is 11.5 Å². The van der Waals surface area contributed by atoms with E-state index in [4.69, 9.17) is 4.74 Å². The van der Waals surface area contributed by atoms with Gasteiger partial charge in [-0.15, -0.1) is 0 Å². The van der Waals surface area contributed by atoms with Gasteiger partial charge in [-0.2, -0.15) is 0 Å². The second-order valence-electron chi connectivity index (χ2n) is 5.15. The summed E-state index contributed by atoms with van der Waals surface area (Å²) in [7, 11) is 0. The van der Waals surface area contributed by atoms with Crippen molar-refractivity contribution in [2.24, 2.45) is 0 Å². The first-order valence-corrected chi connectivity index (χ1v) is 7.24. The number of aromatic hydroxyl groups is 1. The highest BCUT2D eigenvalue weighted by molar-refractivity contribution is 5.99. The molecule has 23 heavy (non-hydrogen) atoms. The van der Waals surface area contributed by atoms with Crippen LogP contribution in [0.25, 0.3) is 0 Å². The van der Waals surface area contributed by atoms with Crippen molar-refractivity contribution < 1.29 is 19.4 Å². The Hall–Kier alpha value is -3.02. The maximum Gasteiger partial charge on any atom is 0.265 e. The Labute approximate surface area is 133 Å². The molecular formula is C17H16N2O4. The SMILES string of the molecule is O=C(CCN1C(=O)COc2ccccc21)Nc1cccc(O)c1. The Bertz CT molecular complexity index is 745. The van der Waals surface area contributed by atoms with E-state index in [1.807, 2.05) is 12.1 Å². The lowest BCUT2D eigenvalue weighted by atomic mass is 10.2. The van der Waals surface area contributed by atoms with Crippen molar-refractivity contribution in [2.75, 3.05) is 23.4 Å². The zero-order valence-electron chi connectivity index (χ0n) is 12.4. The molecule has 2 amide bonds. The summed E-state index contributed by atoms with van der Waals surface area (Å²) in [6, 6.07) is 13.6. The minimum absolute atomic E-state index is 0.0226. The normalized spacial score (nSPS) is 13.2. The van der Waals surface area contributed by atoms with Gasteiger partial charge >= 0.3 is 0 Å². The van der Waals surface area contributed by atoms with Crippen molar-refractivity contribution in [3.05, 3.63) is 48.5 Å². The van der Waals surface area contributed by atoms with Gasteiger partial charge in [-0.1, -0.05) is 18.2 Å². The third-order valence-electron chi connectivity index (χ3n) is 3.50. The number of carbonyl (C=O) groups is 2. The van der Waals surface area contributed by atoms with Crippen LogP contribution in [0.1, 0.15) is 6.42 Å². The van der Waals surface area contributed by atoms with E-state index < -0.39 is 0 Å². The zero-order chi connectivity index (χ0) is 16.2. The quantitative estimate of drug-likeness (QED) is 0.906. The van der Waals surface area contributed by atoms with Crippen molar-refractivity contribution in [2.45, 2.75) is 6.42 Å². The maximum absolute atomic E-state index is 12.0. The van der Waals surface area contributed by atoms with Gasteiger partial charge in [-0.05, 0) is 24.3 Å². The fourth-order valence-corrected chi connectivity index (χ4v) is 2.42. The van der Waals surface area contributed by atoms with Crippen LogP contribution in [0.3, 0.4) is 0 Å². The molecule has 0 unspecified atom stereocenters. The number of hydrogen-bond donors (Lipinski definition) is 2. The van der Waals surface area contributed by atoms with Crippen LogP contribution >= 0.6 is 0 Å². The Morgan fingerprint density at radius 2 is 2.04 bits per heavy atom. The largest absolute Gasteiger partial charge is 0.508 e. The molecule has 0 radical (unpaired) electrons. The highest BCUT2D eigenvalue weighted by Crippen LogP contribution is 2.31. The second kappa shape index (κ2) is 6.39. The number of nitrogens with one attached hydrogen (secondary N) is 1. The smallest absolute Gasteiger partial charge is 0.265 e. The first-order valence-electron chi connectivity index (χ1n) is 7.24. The first kappa shape index (κ1) is 14.9. The van der Waals surface area contributed by atoms with Gasteiger partial charge in [-0.3, -0.25) is 9.59 Å². The molecule has 6 nitrogen and oxygen atoms in total. The van der Waals surface area contributed by atoms with E-state index in [9.17, 15) is 14.7 Å². The van der Waals surface area contributed by atoms with Crippen LogP contribution in [-0.2, 0) is 9.59 Å². The second-order valence-corrected chi connectivity index (χ2v) is 5.15. The van der Waals surface area contributed by atoms with E-state index in [0.29, 0.717) is 17.1 Å². The molecule has 2 N–H and O–H groups in total. The summed E-state index contributed by atoms with van der Waals surface area (Å²) >= 11 is 0. The van der Waals surface area contributed by atoms with Crippen molar-refractivity contribution >= 4 is 23.2 Å². The third kappa shape index (κ3) is 3.42. The molecule has 1 aliphatic heterocycles. The van der Waals surface area contributed by atoms with Gasteiger partial charge in [0, 0.05) is 24.7 Å². The summed E-state index contributed by atoms with van der Waals surface area (Å²) in [6.45, 7) is 0.245. The van der Waals surface area contributed by atoms with Crippen molar-refractivity contribution in [1.29, 1.82) is 0 Å². The highest BCUT2D eigenvalue weighted by atomic mass is 16.5. The minimum Gasteiger partial charge on any atom is -0.508 e. The van der Waals surface area contributed by atoms with E-state index >= 15 is 0 Å². The van der Waals surface area contributed by atoms with Gasteiger partial charge in [0.25, 0.3) is 5.91 Å². The van der Waals surface area contributed by atoms with E-state index in [1.165, 1.54) is 12.1 Å². The van der Waals surface area contributed by atoms with Gasteiger partial charge in [0.05, 0.1) is 5.69 Å². The molecule has 2 aromatic rings. The molecule has 0 spiro atoms. The molecule has 3 rings (SSSR count). The number of rotatable bonds is 4. The lowest BCUT2D eigenvalue weighted by molar-refractivity contribution is -0.121. The number of para-hydroxylation sites is 2. The number of anilines is 2. The molecule has 0 bridgehead atoms. The number of phenols is 1. The van der Waals surface area contributed by atoms with Crippen LogP contribution in [0.15, 0.2) is 48.5 Å². The molecule has 0 aromatic heterocycles. The Morgan fingerprint density at radius 1 is 1.22 bits per heavy atom. The van der Waals surface area contributed by atoms with E-state index in [-0.39, 0.29) is 37.1 Å². The molecule has 2 aromatic carbocycles. The molecule has 0 fully saturated rings.